The van der Waals surface area contributed by atoms with Gasteiger partial charge in [-0.1, -0.05) is 13.0 Å². The van der Waals surface area contributed by atoms with E-state index in [1.54, 1.807) is 12.1 Å². The Labute approximate surface area is 87.3 Å². The van der Waals surface area contributed by atoms with E-state index in [4.69, 9.17) is 4.42 Å². The summed E-state index contributed by atoms with van der Waals surface area (Å²) in [6.45, 7) is 3.74. The van der Waals surface area contributed by atoms with E-state index in [1.165, 1.54) is 6.07 Å². The number of hydrogen-bond donors (Lipinski definition) is 1. The van der Waals surface area contributed by atoms with Crippen molar-refractivity contribution in [1.82, 2.24) is 0 Å². The Kier molecular flexibility index (Phi) is 2.49. The van der Waals surface area contributed by atoms with Crippen molar-refractivity contribution in [1.29, 1.82) is 0 Å². The van der Waals surface area contributed by atoms with Gasteiger partial charge in [0, 0.05) is 5.39 Å². The van der Waals surface area contributed by atoms with Crippen molar-refractivity contribution in [3.05, 3.63) is 35.3 Å². The van der Waals surface area contributed by atoms with Gasteiger partial charge in [-0.05, 0) is 31.0 Å². The molecule has 0 bridgehead atoms. The van der Waals surface area contributed by atoms with Gasteiger partial charge in [-0.3, -0.25) is 0 Å². The fourth-order valence-corrected chi connectivity index (χ4v) is 1.61. The molecule has 80 valence electrons. The maximum absolute atomic E-state index is 13.4. The number of aliphatic hydroxyl groups is 1. The van der Waals surface area contributed by atoms with Crippen LogP contribution in [0, 0.1) is 12.7 Å². The molecular weight excluding hydrogens is 195 g/mol. The second-order valence-corrected chi connectivity index (χ2v) is 3.68. The smallest absolute Gasteiger partial charge is 0.170 e. The molecule has 0 aliphatic rings. The number of hydrogen-bond acceptors (Lipinski definition) is 2. The molecule has 0 saturated heterocycles. The molecule has 0 spiro atoms. The second-order valence-electron chi connectivity index (χ2n) is 3.68. The van der Waals surface area contributed by atoms with Crippen LogP contribution in [0.5, 0.6) is 0 Å². The summed E-state index contributed by atoms with van der Waals surface area (Å²) in [5, 5.41) is 10.3. The summed E-state index contributed by atoms with van der Waals surface area (Å²) in [6, 6.07) is 4.79. The van der Waals surface area contributed by atoms with Crippen LogP contribution in [0.25, 0.3) is 11.0 Å². The fourth-order valence-electron chi connectivity index (χ4n) is 1.61. The monoisotopic (exact) mass is 208 g/mol. The van der Waals surface area contributed by atoms with E-state index in [0.29, 0.717) is 12.2 Å². The molecule has 1 N–H and O–H groups in total. The van der Waals surface area contributed by atoms with E-state index in [2.05, 4.69) is 0 Å². The Morgan fingerprint density at radius 3 is 2.80 bits per heavy atom. The maximum Gasteiger partial charge on any atom is 0.170 e. The zero-order valence-electron chi connectivity index (χ0n) is 8.75. The molecule has 15 heavy (non-hydrogen) atoms. The average Bonchev–Trinajstić information content (AvgIpc) is 2.68. The summed E-state index contributed by atoms with van der Waals surface area (Å²) in [5.41, 5.74) is 1.18. The summed E-state index contributed by atoms with van der Waals surface area (Å²) < 4.78 is 18.7. The SMILES string of the molecule is CCC(O)c1cc2c(C)ccc(F)c2o1. The summed E-state index contributed by atoms with van der Waals surface area (Å²) in [7, 11) is 0. The van der Waals surface area contributed by atoms with Gasteiger partial charge in [-0.25, -0.2) is 4.39 Å². The molecule has 3 heteroatoms. The number of furan rings is 1. The first-order valence-electron chi connectivity index (χ1n) is 5.00. The molecular formula is C12H13FO2. The van der Waals surface area contributed by atoms with E-state index in [1.807, 2.05) is 13.8 Å². The largest absolute Gasteiger partial charge is 0.455 e. The Balaban J connectivity index is 2.64. The minimum absolute atomic E-state index is 0.234. The van der Waals surface area contributed by atoms with E-state index < -0.39 is 6.10 Å². The number of fused-ring (bicyclic) bond motifs is 1. The number of aliphatic hydroxyl groups excluding tert-OH is 1. The lowest BCUT2D eigenvalue weighted by Gasteiger charge is -2.01. The number of rotatable bonds is 2. The number of halogens is 1. The topological polar surface area (TPSA) is 33.4 Å². The van der Waals surface area contributed by atoms with E-state index in [9.17, 15) is 9.50 Å². The van der Waals surface area contributed by atoms with E-state index in [0.717, 1.165) is 10.9 Å². The minimum atomic E-state index is -0.656. The first-order valence-corrected chi connectivity index (χ1v) is 5.00. The molecule has 2 rings (SSSR count). The van der Waals surface area contributed by atoms with Crippen LogP contribution in [0.2, 0.25) is 0 Å². The van der Waals surface area contributed by atoms with Gasteiger partial charge in [-0.15, -0.1) is 0 Å². The van der Waals surface area contributed by atoms with Gasteiger partial charge in [0.25, 0.3) is 0 Å². The Hall–Kier alpha value is -1.35. The predicted octanol–water partition coefficient (Wildman–Crippen LogP) is 3.32. The van der Waals surface area contributed by atoms with Gasteiger partial charge >= 0.3 is 0 Å². The summed E-state index contributed by atoms with van der Waals surface area (Å²) in [6.07, 6.45) is -0.100. The second kappa shape index (κ2) is 3.66. The number of aryl methyl sites for hydroxylation is 1. The predicted molar refractivity (Wildman–Crippen MR) is 56.2 cm³/mol. The van der Waals surface area contributed by atoms with Gasteiger partial charge in [0.15, 0.2) is 11.4 Å². The van der Waals surface area contributed by atoms with Crippen molar-refractivity contribution in [2.75, 3.05) is 0 Å². The molecule has 1 aromatic heterocycles. The highest BCUT2D eigenvalue weighted by Gasteiger charge is 2.14. The molecule has 1 heterocycles. The molecule has 0 saturated carbocycles. The Morgan fingerprint density at radius 1 is 1.47 bits per heavy atom. The van der Waals surface area contributed by atoms with Gasteiger partial charge in [0.05, 0.1) is 0 Å². The molecule has 0 amide bonds. The van der Waals surface area contributed by atoms with Gasteiger partial charge in [-0.2, -0.15) is 0 Å². The summed E-state index contributed by atoms with van der Waals surface area (Å²) in [5.74, 6) is 0.0471. The summed E-state index contributed by atoms with van der Waals surface area (Å²) >= 11 is 0. The molecule has 1 aromatic carbocycles. The first-order chi connectivity index (χ1) is 7.13. The molecule has 1 atom stereocenters. The number of benzene rings is 1. The molecule has 0 radical (unpaired) electrons. The molecule has 2 aromatic rings. The Bertz CT molecular complexity index is 449. The van der Waals surface area contributed by atoms with Crippen molar-refractivity contribution in [2.24, 2.45) is 0 Å². The molecule has 0 fully saturated rings. The van der Waals surface area contributed by atoms with Crippen molar-refractivity contribution in [3.63, 3.8) is 0 Å². The lowest BCUT2D eigenvalue weighted by molar-refractivity contribution is 0.148. The molecule has 0 aliphatic heterocycles. The lowest BCUT2D eigenvalue weighted by Crippen LogP contribution is -1.91. The van der Waals surface area contributed by atoms with Crippen molar-refractivity contribution in [3.8, 4) is 0 Å². The van der Waals surface area contributed by atoms with Crippen LogP contribution in [0.3, 0.4) is 0 Å². The highest BCUT2D eigenvalue weighted by atomic mass is 19.1. The minimum Gasteiger partial charge on any atom is -0.455 e. The van der Waals surface area contributed by atoms with Crippen LogP contribution in [-0.4, -0.2) is 5.11 Å². The fraction of sp³-hybridized carbons (Fsp3) is 0.333. The third-order valence-electron chi connectivity index (χ3n) is 2.59. The van der Waals surface area contributed by atoms with Crippen LogP contribution in [0.15, 0.2) is 22.6 Å². The van der Waals surface area contributed by atoms with Crippen LogP contribution in [-0.2, 0) is 0 Å². The summed E-state index contributed by atoms with van der Waals surface area (Å²) in [4.78, 5) is 0. The van der Waals surface area contributed by atoms with Crippen molar-refractivity contribution < 1.29 is 13.9 Å². The standard InChI is InChI=1S/C12H13FO2/c1-3-10(14)11-6-8-7(2)4-5-9(13)12(8)15-11/h4-6,10,14H,3H2,1-2H3. The van der Waals surface area contributed by atoms with Crippen LogP contribution in [0.1, 0.15) is 30.8 Å². The molecule has 1 unspecified atom stereocenters. The maximum atomic E-state index is 13.4. The van der Waals surface area contributed by atoms with E-state index in [-0.39, 0.29) is 11.4 Å². The normalized spacial score (nSPS) is 13.3. The van der Waals surface area contributed by atoms with Crippen molar-refractivity contribution in [2.45, 2.75) is 26.4 Å². The quantitative estimate of drug-likeness (QED) is 0.821. The van der Waals surface area contributed by atoms with Gasteiger partial charge < -0.3 is 9.52 Å². The zero-order chi connectivity index (χ0) is 11.0. The average molecular weight is 208 g/mol. The zero-order valence-corrected chi connectivity index (χ0v) is 8.75. The highest BCUT2D eigenvalue weighted by molar-refractivity contribution is 5.82. The Morgan fingerprint density at radius 2 is 2.20 bits per heavy atom. The lowest BCUT2D eigenvalue weighted by atomic mass is 10.1. The van der Waals surface area contributed by atoms with Crippen LogP contribution >= 0.6 is 0 Å². The third kappa shape index (κ3) is 1.63. The van der Waals surface area contributed by atoms with Crippen molar-refractivity contribution >= 4 is 11.0 Å². The van der Waals surface area contributed by atoms with Crippen LogP contribution < -0.4 is 0 Å². The molecule has 0 aliphatic carbocycles. The molecule has 2 nitrogen and oxygen atoms in total. The highest BCUT2D eigenvalue weighted by Crippen LogP contribution is 2.29. The van der Waals surface area contributed by atoms with Gasteiger partial charge in [0.2, 0.25) is 0 Å². The van der Waals surface area contributed by atoms with Gasteiger partial charge in [0.1, 0.15) is 11.9 Å². The first kappa shape index (κ1) is 10.2. The van der Waals surface area contributed by atoms with E-state index >= 15 is 0 Å². The van der Waals surface area contributed by atoms with Crippen LogP contribution in [0.4, 0.5) is 4.39 Å². The third-order valence-corrected chi connectivity index (χ3v) is 2.59.